The molecule has 0 radical (unpaired) electrons. The van der Waals surface area contributed by atoms with Gasteiger partial charge in [-0.1, -0.05) is 18.5 Å². The third-order valence-electron chi connectivity index (χ3n) is 4.75. The van der Waals surface area contributed by atoms with E-state index in [2.05, 4.69) is 15.4 Å². The fraction of sp³-hybridized carbons (Fsp3) is 0.333. The first-order chi connectivity index (χ1) is 13.8. The van der Waals surface area contributed by atoms with E-state index in [4.69, 9.17) is 16.3 Å². The number of nitrogens with zero attached hydrogens (tertiary/aromatic N) is 3. The highest BCUT2D eigenvalue weighted by molar-refractivity contribution is 7.91. The molecule has 1 saturated heterocycles. The van der Waals surface area contributed by atoms with Crippen LogP contribution in [0.4, 0.5) is 14.6 Å². The molecule has 0 bridgehead atoms. The SMILES string of the molecule is CCS(=O)(=O)c1cc(F)c(F)c(-c2cnn3cc(Cl)c(N[C@H]4CCOC4)nc23)c1. The van der Waals surface area contributed by atoms with Gasteiger partial charge < -0.3 is 10.1 Å². The number of hydrogen-bond acceptors (Lipinski definition) is 6. The maximum Gasteiger partial charge on any atom is 0.178 e. The van der Waals surface area contributed by atoms with Crippen LogP contribution in [0.1, 0.15) is 13.3 Å². The number of sulfone groups is 1. The molecule has 0 amide bonds. The molecule has 0 aliphatic carbocycles. The second-order valence-corrected chi connectivity index (χ2v) is 9.32. The smallest absolute Gasteiger partial charge is 0.178 e. The largest absolute Gasteiger partial charge is 0.379 e. The predicted molar refractivity (Wildman–Crippen MR) is 104 cm³/mol. The van der Waals surface area contributed by atoms with Gasteiger partial charge in [0.25, 0.3) is 0 Å². The van der Waals surface area contributed by atoms with Gasteiger partial charge in [-0.2, -0.15) is 5.10 Å². The Bertz CT molecular complexity index is 1190. The summed E-state index contributed by atoms with van der Waals surface area (Å²) in [6.45, 7) is 2.56. The number of aromatic nitrogens is 3. The van der Waals surface area contributed by atoms with E-state index < -0.39 is 21.5 Å². The lowest BCUT2D eigenvalue weighted by Crippen LogP contribution is -2.20. The summed E-state index contributed by atoms with van der Waals surface area (Å²) in [5, 5.41) is 7.56. The van der Waals surface area contributed by atoms with Crippen molar-refractivity contribution in [1.29, 1.82) is 0 Å². The van der Waals surface area contributed by atoms with Crippen molar-refractivity contribution in [1.82, 2.24) is 14.6 Å². The second kappa shape index (κ2) is 7.51. The van der Waals surface area contributed by atoms with Crippen molar-refractivity contribution in [2.45, 2.75) is 24.3 Å². The number of benzene rings is 1. The molecular formula is C18H17ClF2N4O3S. The number of halogens is 3. The summed E-state index contributed by atoms with van der Waals surface area (Å²) >= 11 is 6.26. The minimum Gasteiger partial charge on any atom is -0.379 e. The topological polar surface area (TPSA) is 85.6 Å². The summed E-state index contributed by atoms with van der Waals surface area (Å²) in [6.07, 6.45) is 3.57. The molecule has 1 aliphatic rings. The van der Waals surface area contributed by atoms with Gasteiger partial charge in [0.15, 0.2) is 27.1 Å². The normalized spacial score (nSPS) is 17.2. The molecular weight excluding hydrogens is 426 g/mol. The van der Waals surface area contributed by atoms with Gasteiger partial charge in [-0.3, -0.25) is 0 Å². The van der Waals surface area contributed by atoms with E-state index in [0.717, 1.165) is 12.5 Å². The van der Waals surface area contributed by atoms with E-state index in [0.29, 0.717) is 30.1 Å². The third kappa shape index (κ3) is 3.67. The molecule has 7 nitrogen and oxygen atoms in total. The number of ether oxygens (including phenoxy) is 1. The van der Waals surface area contributed by atoms with Gasteiger partial charge in [0.1, 0.15) is 10.8 Å². The van der Waals surface area contributed by atoms with Crippen LogP contribution in [0, 0.1) is 11.6 Å². The highest BCUT2D eigenvalue weighted by Crippen LogP contribution is 2.32. The third-order valence-corrected chi connectivity index (χ3v) is 6.74. The fourth-order valence-electron chi connectivity index (χ4n) is 3.13. The first-order valence-electron chi connectivity index (χ1n) is 8.90. The van der Waals surface area contributed by atoms with Crippen LogP contribution in [0.2, 0.25) is 5.02 Å². The highest BCUT2D eigenvalue weighted by atomic mass is 35.5. The molecule has 1 aromatic carbocycles. The minimum absolute atomic E-state index is 0.0287. The lowest BCUT2D eigenvalue weighted by atomic mass is 10.1. The first kappa shape index (κ1) is 20.0. The van der Waals surface area contributed by atoms with E-state index in [9.17, 15) is 17.2 Å². The van der Waals surface area contributed by atoms with Crippen LogP contribution in [0.25, 0.3) is 16.8 Å². The lowest BCUT2D eigenvalue weighted by molar-refractivity contribution is 0.195. The Morgan fingerprint density at radius 1 is 1.34 bits per heavy atom. The average molecular weight is 443 g/mol. The van der Waals surface area contributed by atoms with Gasteiger partial charge in [0.2, 0.25) is 0 Å². The molecule has 2 aromatic heterocycles. The molecule has 1 atom stereocenters. The second-order valence-electron chi connectivity index (χ2n) is 6.64. The Morgan fingerprint density at radius 2 is 2.14 bits per heavy atom. The Hall–Kier alpha value is -2.30. The van der Waals surface area contributed by atoms with Gasteiger partial charge in [0, 0.05) is 17.7 Å². The van der Waals surface area contributed by atoms with Crippen molar-refractivity contribution in [3.05, 3.63) is 41.2 Å². The van der Waals surface area contributed by atoms with Gasteiger partial charge in [0.05, 0.1) is 35.7 Å². The fourth-order valence-corrected chi connectivity index (χ4v) is 4.23. The Morgan fingerprint density at radius 3 is 2.83 bits per heavy atom. The molecule has 0 spiro atoms. The van der Waals surface area contributed by atoms with Crippen LogP contribution < -0.4 is 5.32 Å². The monoisotopic (exact) mass is 442 g/mol. The number of anilines is 1. The van der Waals surface area contributed by atoms with E-state index >= 15 is 0 Å². The van der Waals surface area contributed by atoms with Crippen LogP contribution in [-0.4, -0.2) is 48.0 Å². The molecule has 11 heteroatoms. The first-order valence-corrected chi connectivity index (χ1v) is 10.9. The van der Waals surface area contributed by atoms with Crippen LogP contribution in [0.5, 0.6) is 0 Å². The molecule has 3 aromatic rings. The number of nitrogens with one attached hydrogen (secondary N) is 1. The number of hydrogen-bond donors (Lipinski definition) is 1. The standard InChI is InChI=1S/C18H17ClF2N4O3S/c1-2-29(26,27)11-5-12(16(21)15(20)6-11)13-7-22-25-8-14(19)17(24-18(13)25)23-10-3-4-28-9-10/h5-8,10H,2-4,9H2,1H3,(H,23,24)/t10-/m0/s1. The van der Waals surface area contributed by atoms with Crippen LogP contribution in [0.15, 0.2) is 29.4 Å². The van der Waals surface area contributed by atoms with E-state index in [-0.39, 0.29) is 33.5 Å². The zero-order valence-electron chi connectivity index (χ0n) is 15.3. The molecule has 1 fully saturated rings. The summed E-state index contributed by atoms with van der Waals surface area (Å²) in [6, 6.07) is 1.81. The number of fused-ring (bicyclic) bond motifs is 1. The van der Waals surface area contributed by atoms with Crippen molar-refractivity contribution in [2.75, 3.05) is 24.3 Å². The lowest BCUT2D eigenvalue weighted by Gasteiger charge is -2.13. The molecule has 1 N–H and O–H groups in total. The molecule has 1 aliphatic heterocycles. The molecule has 0 unspecified atom stereocenters. The summed E-state index contributed by atoms with van der Waals surface area (Å²) in [4.78, 5) is 4.12. The predicted octanol–water partition coefficient (Wildman–Crippen LogP) is 3.32. The quantitative estimate of drug-likeness (QED) is 0.610. The molecule has 4 rings (SSSR count). The van der Waals surface area contributed by atoms with Gasteiger partial charge >= 0.3 is 0 Å². The zero-order valence-corrected chi connectivity index (χ0v) is 16.9. The molecule has 0 saturated carbocycles. The summed E-state index contributed by atoms with van der Waals surface area (Å²) in [7, 11) is -3.74. The maximum atomic E-state index is 14.6. The Labute approximate surface area is 170 Å². The average Bonchev–Trinajstić information content (AvgIpc) is 3.34. The maximum absolute atomic E-state index is 14.6. The van der Waals surface area contributed by atoms with Gasteiger partial charge in [-0.05, 0) is 18.6 Å². The van der Waals surface area contributed by atoms with Crippen molar-refractivity contribution in [3.8, 4) is 11.1 Å². The highest BCUT2D eigenvalue weighted by Gasteiger charge is 2.23. The van der Waals surface area contributed by atoms with Crippen molar-refractivity contribution in [3.63, 3.8) is 0 Å². The van der Waals surface area contributed by atoms with E-state index in [1.165, 1.54) is 23.8 Å². The van der Waals surface area contributed by atoms with Crippen molar-refractivity contribution < 1.29 is 21.9 Å². The minimum atomic E-state index is -3.74. The van der Waals surface area contributed by atoms with Crippen molar-refractivity contribution in [2.24, 2.45) is 0 Å². The van der Waals surface area contributed by atoms with Gasteiger partial charge in [-0.25, -0.2) is 26.7 Å². The van der Waals surface area contributed by atoms with Crippen molar-refractivity contribution >= 4 is 32.9 Å². The Kier molecular flexibility index (Phi) is 5.18. The Balaban J connectivity index is 1.86. The van der Waals surface area contributed by atoms with E-state index in [1.807, 2.05) is 0 Å². The number of rotatable bonds is 5. The van der Waals surface area contributed by atoms with E-state index in [1.54, 1.807) is 0 Å². The van der Waals surface area contributed by atoms with Crippen LogP contribution >= 0.6 is 11.6 Å². The summed E-state index contributed by atoms with van der Waals surface area (Å²) in [5.41, 5.74) is 0.120. The zero-order chi connectivity index (χ0) is 20.8. The molecule has 29 heavy (non-hydrogen) atoms. The van der Waals surface area contributed by atoms with Crippen LogP contribution in [0.3, 0.4) is 0 Å². The molecule has 154 valence electrons. The molecule has 3 heterocycles. The van der Waals surface area contributed by atoms with Gasteiger partial charge in [-0.15, -0.1) is 0 Å². The summed E-state index contributed by atoms with van der Waals surface area (Å²) in [5.74, 6) is -2.32. The summed E-state index contributed by atoms with van der Waals surface area (Å²) < 4.78 is 59.8. The van der Waals surface area contributed by atoms with Crippen LogP contribution in [-0.2, 0) is 14.6 Å².